The van der Waals surface area contributed by atoms with Crippen LogP contribution in [0.3, 0.4) is 0 Å². The molecule has 0 aliphatic rings. The quantitative estimate of drug-likeness (QED) is 0.272. The molecule has 0 rings (SSSR count). The second-order valence-electron chi connectivity index (χ2n) is 5.95. The topological polar surface area (TPSA) is 125 Å². The SMILES string of the molecule is CCCCOC(C)C(C#N)(C#N)C(C#N)(CC(OCC)OCC)C(=O)OC. The van der Waals surface area contributed by atoms with Crippen LogP contribution in [0.15, 0.2) is 0 Å². The molecule has 0 aliphatic heterocycles. The standard InChI is InChI=1S/C19H29N3O5/c1-6-9-10-27-15(4)19(13-21,14-22)18(12-20,17(23)24-5)11-16(25-7-2)26-8-3/h15-16H,6-11H2,1-5H3. The molecule has 0 spiro atoms. The molecule has 0 saturated heterocycles. The van der Waals surface area contributed by atoms with Gasteiger partial charge in [-0.1, -0.05) is 13.3 Å². The summed E-state index contributed by atoms with van der Waals surface area (Å²) in [5.74, 6) is -0.997. The van der Waals surface area contributed by atoms with E-state index in [0.717, 1.165) is 20.0 Å². The van der Waals surface area contributed by atoms with Gasteiger partial charge in [-0.25, -0.2) is 0 Å². The molecule has 150 valence electrons. The Morgan fingerprint density at radius 2 is 1.56 bits per heavy atom. The summed E-state index contributed by atoms with van der Waals surface area (Å²) in [6, 6.07) is 5.60. The summed E-state index contributed by atoms with van der Waals surface area (Å²) in [6.07, 6.45) is -0.726. The number of nitriles is 3. The molecule has 0 heterocycles. The summed E-state index contributed by atoms with van der Waals surface area (Å²) in [5.41, 5.74) is -4.25. The van der Waals surface area contributed by atoms with Crippen molar-refractivity contribution in [2.45, 2.75) is 59.4 Å². The summed E-state index contributed by atoms with van der Waals surface area (Å²) in [6.45, 7) is 7.77. The summed E-state index contributed by atoms with van der Waals surface area (Å²) in [7, 11) is 1.10. The fourth-order valence-corrected chi connectivity index (χ4v) is 2.82. The van der Waals surface area contributed by atoms with E-state index >= 15 is 0 Å². The normalized spacial score (nSPS) is 14.5. The monoisotopic (exact) mass is 379 g/mol. The van der Waals surface area contributed by atoms with Gasteiger partial charge in [0.2, 0.25) is 0 Å². The molecule has 0 N–H and O–H groups in total. The van der Waals surface area contributed by atoms with Gasteiger partial charge in [0.25, 0.3) is 0 Å². The number of esters is 1. The lowest BCUT2D eigenvalue weighted by Crippen LogP contribution is -2.54. The van der Waals surface area contributed by atoms with E-state index in [1.165, 1.54) is 6.92 Å². The molecular weight excluding hydrogens is 350 g/mol. The Balaban J connectivity index is 6.26. The van der Waals surface area contributed by atoms with Crippen molar-refractivity contribution in [3.05, 3.63) is 0 Å². The van der Waals surface area contributed by atoms with Gasteiger partial charge in [-0.05, 0) is 27.2 Å². The van der Waals surface area contributed by atoms with Gasteiger partial charge in [0.15, 0.2) is 17.1 Å². The molecule has 8 heteroatoms. The molecule has 0 radical (unpaired) electrons. The smallest absolute Gasteiger partial charge is 0.329 e. The maximum absolute atomic E-state index is 12.7. The number of hydrogen-bond donors (Lipinski definition) is 0. The average Bonchev–Trinajstić information content (AvgIpc) is 2.68. The van der Waals surface area contributed by atoms with E-state index < -0.39 is 29.2 Å². The molecule has 0 aromatic carbocycles. The van der Waals surface area contributed by atoms with Crippen LogP contribution in [0, 0.1) is 44.8 Å². The number of ether oxygens (including phenoxy) is 4. The summed E-state index contributed by atoms with van der Waals surface area (Å²) < 4.78 is 21.4. The predicted octanol–water partition coefficient (Wildman–Crippen LogP) is 2.70. The Labute approximate surface area is 161 Å². The van der Waals surface area contributed by atoms with Gasteiger partial charge in [0.05, 0.1) is 31.4 Å². The molecule has 0 aliphatic carbocycles. The van der Waals surface area contributed by atoms with Crippen molar-refractivity contribution >= 4 is 5.97 Å². The van der Waals surface area contributed by atoms with Crippen LogP contribution < -0.4 is 0 Å². The van der Waals surface area contributed by atoms with Crippen LogP contribution in [0.25, 0.3) is 0 Å². The Hall–Kier alpha value is -2.18. The third-order valence-corrected chi connectivity index (χ3v) is 4.40. The van der Waals surface area contributed by atoms with Crippen molar-refractivity contribution in [2.75, 3.05) is 26.9 Å². The second-order valence-corrected chi connectivity index (χ2v) is 5.95. The first-order valence-electron chi connectivity index (χ1n) is 9.06. The van der Waals surface area contributed by atoms with Crippen molar-refractivity contribution in [3.8, 4) is 18.2 Å². The first kappa shape index (κ1) is 24.8. The number of rotatable bonds is 13. The molecule has 27 heavy (non-hydrogen) atoms. The molecule has 2 atom stereocenters. The number of methoxy groups -OCH3 is 1. The van der Waals surface area contributed by atoms with Crippen LogP contribution >= 0.6 is 0 Å². The molecule has 2 unspecified atom stereocenters. The van der Waals surface area contributed by atoms with Crippen LogP contribution in [-0.4, -0.2) is 45.3 Å². The molecule has 8 nitrogen and oxygen atoms in total. The van der Waals surface area contributed by atoms with Gasteiger partial charge >= 0.3 is 5.97 Å². The van der Waals surface area contributed by atoms with E-state index in [1.54, 1.807) is 13.8 Å². The lowest BCUT2D eigenvalue weighted by molar-refractivity contribution is -0.182. The fourth-order valence-electron chi connectivity index (χ4n) is 2.82. The third-order valence-electron chi connectivity index (χ3n) is 4.40. The van der Waals surface area contributed by atoms with Gasteiger partial charge in [0, 0.05) is 26.2 Å². The van der Waals surface area contributed by atoms with Crippen molar-refractivity contribution in [1.82, 2.24) is 0 Å². The molecule has 0 fully saturated rings. The van der Waals surface area contributed by atoms with Crippen LogP contribution in [0.1, 0.15) is 47.0 Å². The van der Waals surface area contributed by atoms with Crippen LogP contribution in [0.2, 0.25) is 0 Å². The van der Waals surface area contributed by atoms with Crippen molar-refractivity contribution in [2.24, 2.45) is 10.8 Å². The predicted molar refractivity (Wildman–Crippen MR) is 95.7 cm³/mol. The minimum Gasteiger partial charge on any atom is -0.468 e. The van der Waals surface area contributed by atoms with E-state index in [-0.39, 0.29) is 19.6 Å². The van der Waals surface area contributed by atoms with Crippen LogP contribution in [0.4, 0.5) is 0 Å². The minimum atomic E-state index is -2.15. The number of hydrogen-bond acceptors (Lipinski definition) is 8. The molecular formula is C19H29N3O5. The van der Waals surface area contributed by atoms with Crippen molar-refractivity contribution in [1.29, 1.82) is 15.8 Å². The first-order valence-corrected chi connectivity index (χ1v) is 9.06. The van der Waals surface area contributed by atoms with Crippen molar-refractivity contribution in [3.63, 3.8) is 0 Å². The van der Waals surface area contributed by atoms with E-state index in [9.17, 15) is 20.6 Å². The van der Waals surface area contributed by atoms with E-state index in [0.29, 0.717) is 6.61 Å². The van der Waals surface area contributed by atoms with E-state index in [1.807, 2.05) is 25.1 Å². The second kappa shape index (κ2) is 12.3. The highest BCUT2D eigenvalue weighted by atomic mass is 16.7. The molecule has 0 bridgehead atoms. The molecule has 0 aromatic rings. The fraction of sp³-hybridized carbons (Fsp3) is 0.789. The van der Waals surface area contributed by atoms with Gasteiger partial charge in [-0.2, -0.15) is 15.8 Å². The number of carbonyl (C=O) groups is 1. The Kier molecular flexibility index (Phi) is 11.3. The summed E-state index contributed by atoms with van der Waals surface area (Å²) >= 11 is 0. The maximum Gasteiger partial charge on any atom is 0.329 e. The van der Waals surface area contributed by atoms with Gasteiger partial charge < -0.3 is 18.9 Å². The number of unbranched alkanes of at least 4 members (excludes halogenated alkanes) is 1. The Bertz CT molecular complexity index is 570. The first-order chi connectivity index (χ1) is 12.9. The average molecular weight is 379 g/mol. The Morgan fingerprint density at radius 1 is 1.00 bits per heavy atom. The van der Waals surface area contributed by atoms with Crippen LogP contribution in [-0.2, 0) is 23.7 Å². The summed E-state index contributed by atoms with van der Waals surface area (Å²) in [4.78, 5) is 12.7. The summed E-state index contributed by atoms with van der Waals surface area (Å²) in [5, 5.41) is 29.8. The van der Waals surface area contributed by atoms with Gasteiger partial charge in [0.1, 0.15) is 0 Å². The molecule has 0 amide bonds. The van der Waals surface area contributed by atoms with Gasteiger partial charge in [-0.15, -0.1) is 0 Å². The largest absolute Gasteiger partial charge is 0.468 e. The van der Waals surface area contributed by atoms with E-state index in [4.69, 9.17) is 18.9 Å². The zero-order valence-electron chi connectivity index (χ0n) is 16.8. The van der Waals surface area contributed by atoms with Gasteiger partial charge in [-0.3, -0.25) is 4.79 Å². The lowest BCUT2D eigenvalue weighted by atomic mass is 9.60. The highest BCUT2D eigenvalue weighted by Gasteiger charge is 2.64. The molecule has 0 saturated carbocycles. The van der Waals surface area contributed by atoms with Crippen molar-refractivity contribution < 1.29 is 23.7 Å². The third kappa shape index (κ3) is 5.40. The molecule has 0 aromatic heterocycles. The lowest BCUT2D eigenvalue weighted by Gasteiger charge is -2.39. The number of nitrogens with zero attached hydrogens (tertiary/aromatic N) is 3. The van der Waals surface area contributed by atoms with E-state index in [2.05, 4.69) is 0 Å². The number of carbonyl (C=O) groups excluding carboxylic acids is 1. The maximum atomic E-state index is 12.7. The zero-order chi connectivity index (χ0) is 20.9. The minimum absolute atomic E-state index is 0.266. The van der Waals surface area contributed by atoms with Crippen LogP contribution in [0.5, 0.6) is 0 Å². The zero-order valence-corrected chi connectivity index (χ0v) is 16.8. The Morgan fingerprint density at radius 3 is 1.93 bits per heavy atom. The highest BCUT2D eigenvalue weighted by molar-refractivity contribution is 5.83. The highest BCUT2D eigenvalue weighted by Crippen LogP contribution is 2.47.